The Hall–Kier alpha value is -1.30. The lowest BCUT2D eigenvalue weighted by molar-refractivity contribution is -0.169. The predicted octanol–water partition coefficient (Wildman–Crippen LogP) is 2.72. The molecule has 0 amide bonds. The molecule has 1 aromatic carbocycles. The summed E-state index contributed by atoms with van der Waals surface area (Å²) < 4.78 is 51.7. The van der Waals surface area contributed by atoms with Gasteiger partial charge in [0.1, 0.15) is 5.82 Å². The van der Waals surface area contributed by atoms with E-state index >= 15 is 0 Å². The molecule has 0 bridgehead atoms. The van der Waals surface area contributed by atoms with Crippen molar-refractivity contribution in [1.82, 2.24) is 5.32 Å². The monoisotopic (exact) mass is 276 g/mol. The summed E-state index contributed by atoms with van der Waals surface area (Å²) in [5, 5.41) is 2.79. The molecule has 1 aliphatic heterocycles. The van der Waals surface area contributed by atoms with Crippen LogP contribution < -0.4 is 10.2 Å². The number of rotatable bonds is 1. The maximum absolute atomic E-state index is 13.2. The van der Waals surface area contributed by atoms with E-state index in [2.05, 4.69) is 5.32 Å². The van der Waals surface area contributed by atoms with Crippen LogP contribution in [0.4, 0.5) is 23.2 Å². The Bertz CT molecular complexity index is 445. The summed E-state index contributed by atoms with van der Waals surface area (Å²) >= 11 is 0. The summed E-state index contributed by atoms with van der Waals surface area (Å²) in [4.78, 5) is 1.66. The van der Waals surface area contributed by atoms with Crippen LogP contribution in [0.3, 0.4) is 0 Å². The second-order valence-electron chi connectivity index (χ2n) is 4.82. The van der Waals surface area contributed by atoms with Gasteiger partial charge in [-0.15, -0.1) is 0 Å². The lowest BCUT2D eigenvalue weighted by Crippen LogP contribution is -2.38. The van der Waals surface area contributed by atoms with Crippen molar-refractivity contribution in [2.75, 3.05) is 31.1 Å². The van der Waals surface area contributed by atoms with Crippen molar-refractivity contribution in [3.63, 3.8) is 0 Å². The van der Waals surface area contributed by atoms with Gasteiger partial charge in [0.05, 0.1) is 5.92 Å². The number of anilines is 1. The topological polar surface area (TPSA) is 15.3 Å². The summed E-state index contributed by atoms with van der Waals surface area (Å²) in [6.45, 7) is 2.42. The molecule has 0 saturated carbocycles. The standard InChI is InChI=1S/C13H16F4N2/c1-9-6-11(2-3-12(9)14)19-5-4-18-7-10(8-19)13(15,16)17/h2-3,6,10,18H,4-5,7-8H2,1H3. The van der Waals surface area contributed by atoms with Crippen molar-refractivity contribution in [2.24, 2.45) is 5.92 Å². The van der Waals surface area contributed by atoms with Gasteiger partial charge < -0.3 is 10.2 Å². The zero-order chi connectivity index (χ0) is 14.0. The molecule has 106 valence electrons. The van der Waals surface area contributed by atoms with Crippen molar-refractivity contribution in [2.45, 2.75) is 13.1 Å². The van der Waals surface area contributed by atoms with Crippen molar-refractivity contribution >= 4 is 5.69 Å². The summed E-state index contributed by atoms with van der Waals surface area (Å²) in [6.07, 6.45) is -4.22. The van der Waals surface area contributed by atoms with Gasteiger partial charge in [0.25, 0.3) is 0 Å². The molecular weight excluding hydrogens is 260 g/mol. The Morgan fingerprint density at radius 2 is 2.05 bits per heavy atom. The Kier molecular flexibility index (Phi) is 3.99. The summed E-state index contributed by atoms with van der Waals surface area (Å²) in [6, 6.07) is 4.42. The number of aryl methyl sites for hydroxylation is 1. The molecule has 0 spiro atoms. The number of halogens is 4. The molecule has 1 atom stereocenters. The van der Waals surface area contributed by atoms with Gasteiger partial charge in [0, 0.05) is 31.9 Å². The van der Waals surface area contributed by atoms with Crippen molar-refractivity contribution in [1.29, 1.82) is 0 Å². The molecule has 2 nitrogen and oxygen atoms in total. The van der Waals surface area contributed by atoms with Crippen molar-refractivity contribution in [3.05, 3.63) is 29.6 Å². The molecule has 1 aliphatic rings. The largest absolute Gasteiger partial charge is 0.394 e. The van der Waals surface area contributed by atoms with Gasteiger partial charge in [-0.2, -0.15) is 13.2 Å². The average molecular weight is 276 g/mol. The van der Waals surface area contributed by atoms with Crippen LogP contribution in [-0.2, 0) is 0 Å². The molecule has 0 aliphatic carbocycles. The van der Waals surface area contributed by atoms with E-state index in [0.29, 0.717) is 24.3 Å². The van der Waals surface area contributed by atoms with E-state index in [-0.39, 0.29) is 18.9 Å². The zero-order valence-electron chi connectivity index (χ0n) is 10.6. The van der Waals surface area contributed by atoms with Gasteiger partial charge in [-0.3, -0.25) is 0 Å². The van der Waals surface area contributed by atoms with E-state index in [1.165, 1.54) is 12.1 Å². The first kappa shape index (κ1) is 14.1. The molecule has 0 radical (unpaired) electrons. The van der Waals surface area contributed by atoms with Crippen LogP contribution in [0.25, 0.3) is 0 Å². The Balaban J connectivity index is 2.20. The fourth-order valence-corrected chi connectivity index (χ4v) is 2.19. The Morgan fingerprint density at radius 3 is 2.68 bits per heavy atom. The molecule has 1 saturated heterocycles. The van der Waals surface area contributed by atoms with Crippen molar-refractivity contribution < 1.29 is 17.6 Å². The van der Waals surface area contributed by atoms with E-state index in [1.54, 1.807) is 17.9 Å². The van der Waals surface area contributed by atoms with Crippen LogP contribution in [0.15, 0.2) is 18.2 Å². The van der Waals surface area contributed by atoms with Gasteiger partial charge in [-0.1, -0.05) is 0 Å². The molecule has 1 unspecified atom stereocenters. The molecule has 1 N–H and O–H groups in total. The maximum atomic E-state index is 13.2. The number of benzene rings is 1. The highest BCUT2D eigenvalue weighted by Crippen LogP contribution is 2.29. The number of hydrogen-bond donors (Lipinski definition) is 1. The number of nitrogens with one attached hydrogen (secondary N) is 1. The molecule has 2 rings (SSSR count). The highest BCUT2D eigenvalue weighted by Gasteiger charge is 2.41. The molecule has 1 fully saturated rings. The first-order chi connectivity index (χ1) is 8.88. The van der Waals surface area contributed by atoms with Crippen molar-refractivity contribution in [3.8, 4) is 0 Å². The van der Waals surface area contributed by atoms with Gasteiger partial charge in [-0.25, -0.2) is 4.39 Å². The lowest BCUT2D eigenvalue weighted by Gasteiger charge is -2.27. The third-order valence-corrected chi connectivity index (χ3v) is 3.36. The van der Waals surface area contributed by atoms with E-state index in [4.69, 9.17) is 0 Å². The molecular formula is C13H16F4N2. The van der Waals surface area contributed by atoms with Crippen LogP contribution in [-0.4, -0.2) is 32.4 Å². The molecule has 1 heterocycles. The minimum atomic E-state index is -4.22. The van der Waals surface area contributed by atoms with Gasteiger partial charge in [-0.05, 0) is 30.7 Å². The fourth-order valence-electron chi connectivity index (χ4n) is 2.19. The van der Waals surface area contributed by atoms with Gasteiger partial charge in [0.2, 0.25) is 0 Å². The fraction of sp³-hybridized carbons (Fsp3) is 0.538. The van der Waals surface area contributed by atoms with E-state index in [0.717, 1.165) is 0 Å². The second-order valence-corrected chi connectivity index (χ2v) is 4.82. The van der Waals surface area contributed by atoms with Gasteiger partial charge in [0.15, 0.2) is 0 Å². The number of nitrogens with zero attached hydrogens (tertiary/aromatic N) is 1. The second kappa shape index (κ2) is 5.36. The Labute approximate surface area is 109 Å². The molecule has 1 aromatic rings. The van der Waals surface area contributed by atoms with E-state index < -0.39 is 12.1 Å². The highest BCUT2D eigenvalue weighted by molar-refractivity contribution is 5.49. The van der Waals surface area contributed by atoms with Crippen LogP contribution in [0.2, 0.25) is 0 Å². The minimum absolute atomic E-state index is 0.0693. The average Bonchev–Trinajstić information content (AvgIpc) is 2.58. The summed E-state index contributed by atoms with van der Waals surface area (Å²) in [7, 11) is 0. The predicted molar refractivity (Wildman–Crippen MR) is 65.8 cm³/mol. The van der Waals surface area contributed by atoms with Gasteiger partial charge >= 0.3 is 6.18 Å². The zero-order valence-corrected chi connectivity index (χ0v) is 10.6. The number of hydrogen-bond acceptors (Lipinski definition) is 2. The van der Waals surface area contributed by atoms with E-state index in [1.807, 2.05) is 0 Å². The SMILES string of the molecule is Cc1cc(N2CCNCC(C(F)(F)F)C2)ccc1F. The third kappa shape index (κ3) is 3.37. The number of alkyl halides is 3. The molecule has 6 heteroatoms. The Morgan fingerprint density at radius 1 is 1.32 bits per heavy atom. The highest BCUT2D eigenvalue weighted by atomic mass is 19.4. The normalized spacial score (nSPS) is 21.3. The maximum Gasteiger partial charge on any atom is 0.394 e. The van der Waals surface area contributed by atoms with Crippen LogP contribution in [0.1, 0.15) is 5.56 Å². The minimum Gasteiger partial charge on any atom is -0.370 e. The quantitative estimate of drug-likeness (QED) is 0.793. The lowest BCUT2D eigenvalue weighted by atomic mass is 10.1. The van der Waals surface area contributed by atoms with Crippen LogP contribution >= 0.6 is 0 Å². The molecule has 19 heavy (non-hydrogen) atoms. The van der Waals surface area contributed by atoms with E-state index in [9.17, 15) is 17.6 Å². The summed E-state index contributed by atoms with van der Waals surface area (Å²) in [5.41, 5.74) is 1.08. The van der Waals surface area contributed by atoms with Crippen LogP contribution in [0, 0.1) is 18.7 Å². The first-order valence-corrected chi connectivity index (χ1v) is 6.16. The molecule has 0 aromatic heterocycles. The first-order valence-electron chi connectivity index (χ1n) is 6.16. The third-order valence-electron chi connectivity index (χ3n) is 3.36. The summed E-state index contributed by atoms with van der Waals surface area (Å²) in [5.74, 6) is -1.75. The van der Waals surface area contributed by atoms with Crippen LogP contribution in [0.5, 0.6) is 0 Å². The smallest absolute Gasteiger partial charge is 0.370 e.